The third-order valence-electron chi connectivity index (χ3n) is 3.13. The Labute approximate surface area is 107 Å². The normalized spacial score (nSPS) is 13.9. The van der Waals surface area contributed by atoms with E-state index in [0.717, 1.165) is 12.8 Å². The first-order valence-corrected chi connectivity index (χ1v) is 7.36. The van der Waals surface area contributed by atoms with E-state index in [-0.39, 0.29) is 6.10 Å². The molecule has 1 unspecified atom stereocenters. The number of aliphatic hydroxyl groups excluding tert-OH is 1. The lowest BCUT2D eigenvalue weighted by Crippen LogP contribution is -2.26. The van der Waals surface area contributed by atoms with Gasteiger partial charge in [0.2, 0.25) is 0 Å². The predicted octanol–water partition coefficient (Wildman–Crippen LogP) is 4.04. The van der Waals surface area contributed by atoms with Crippen molar-refractivity contribution in [2.45, 2.75) is 96.7 Å². The molecule has 2 N–H and O–H groups in total. The van der Waals surface area contributed by atoms with Crippen molar-refractivity contribution in [2.75, 3.05) is 0 Å². The third-order valence-corrected chi connectivity index (χ3v) is 3.13. The molecule has 0 heterocycles. The SMILES string of the molecule is CCCCCCCCCCC(O)CC(C)(C)O. The molecule has 0 amide bonds. The maximum absolute atomic E-state index is 9.70. The quantitative estimate of drug-likeness (QED) is 0.539. The molecule has 0 aliphatic rings. The molecule has 0 fully saturated rings. The van der Waals surface area contributed by atoms with Crippen LogP contribution in [-0.2, 0) is 0 Å². The van der Waals surface area contributed by atoms with Crippen molar-refractivity contribution in [3.8, 4) is 0 Å². The Morgan fingerprint density at radius 3 is 1.82 bits per heavy atom. The zero-order valence-electron chi connectivity index (χ0n) is 12.0. The van der Waals surface area contributed by atoms with Crippen molar-refractivity contribution in [1.82, 2.24) is 0 Å². The number of rotatable bonds is 11. The molecule has 0 aromatic rings. The first kappa shape index (κ1) is 16.9. The minimum absolute atomic E-state index is 0.338. The first-order valence-electron chi connectivity index (χ1n) is 7.36. The van der Waals surface area contributed by atoms with Gasteiger partial charge in [0.25, 0.3) is 0 Å². The molecule has 17 heavy (non-hydrogen) atoms. The Kier molecular flexibility index (Phi) is 9.85. The summed E-state index contributed by atoms with van der Waals surface area (Å²) in [5.74, 6) is 0. The molecule has 2 nitrogen and oxygen atoms in total. The van der Waals surface area contributed by atoms with Gasteiger partial charge in [-0.15, -0.1) is 0 Å². The van der Waals surface area contributed by atoms with Gasteiger partial charge in [-0.1, -0.05) is 58.3 Å². The Morgan fingerprint density at radius 1 is 0.882 bits per heavy atom. The maximum atomic E-state index is 9.70. The van der Waals surface area contributed by atoms with Crippen LogP contribution in [0.5, 0.6) is 0 Å². The second-order valence-corrected chi connectivity index (χ2v) is 5.93. The van der Waals surface area contributed by atoms with Crippen LogP contribution in [0.4, 0.5) is 0 Å². The van der Waals surface area contributed by atoms with Gasteiger partial charge in [-0.3, -0.25) is 0 Å². The van der Waals surface area contributed by atoms with E-state index in [0.29, 0.717) is 6.42 Å². The van der Waals surface area contributed by atoms with Crippen LogP contribution >= 0.6 is 0 Å². The largest absolute Gasteiger partial charge is 0.393 e. The molecule has 0 saturated heterocycles. The smallest absolute Gasteiger partial charge is 0.0616 e. The molecule has 0 aromatic carbocycles. The van der Waals surface area contributed by atoms with E-state index in [4.69, 9.17) is 0 Å². The molecule has 1 atom stereocenters. The number of hydrogen-bond donors (Lipinski definition) is 2. The minimum atomic E-state index is -0.737. The van der Waals surface area contributed by atoms with Gasteiger partial charge in [0.15, 0.2) is 0 Å². The van der Waals surface area contributed by atoms with E-state index in [9.17, 15) is 10.2 Å². The lowest BCUT2D eigenvalue weighted by Gasteiger charge is -2.21. The Bertz CT molecular complexity index is 161. The molecule has 0 aromatic heterocycles. The maximum Gasteiger partial charge on any atom is 0.0616 e. The van der Waals surface area contributed by atoms with Crippen LogP contribution in [0.15, 0.2) is 0 Å². The van der Waals surface area contributed by atoms with Crippen LogP contribution in [0.25, 0.3) is 0 Å². The molecule has 0 aliphatic carbocycles. The van der Waals surface area contributed by atoms with Crippen molar-refractivity contribution in [1.29, 1.82) is 0 Å². The topological polar surface area (TPSA) is 40.5 Å². The van der Waals surface area contributed by atoms with E-state index in [1.807, 2.05) is 0 Å². The van der Waals surface area contributed by atoms with Crippen molar-refractivity contribution < 1.29 is 10.2 Å². The second kappa shape index (κ2) is 9.90. The molecule has 104 valence electrons. The number of hydrogen-bond acceptors (Lipinski definition) is 2. The minimum Gasteiger partial charge on any atom is -0.393 e. The monoisotopic (exact) mass is 244 g/mol. The van der Waals surface area contributed by atoms with Gasteiger partial charge in [0.1, 0.15) is 0 Å². The fraction of sp³-hybridized carbons (Fsp3) is 1.00. The average molecular weight is 244 g/mol. The lowest BCUT2D eigenvalue weighted by atomic mass is 9.97. The fourth-order valence-electron chi connectivity index (χ4n) is 2.19. The third kappa shape index (κ3) is 13.9. The summed E-state index contributed by atoms with van der Waals surface area (Å²) >= 11 is 0. The first-order chi connectivity index (χ1) is 7.95. The van der Waals surface area contributed by atoms with Crippen LogP contribution in [0, 0.1) is 0 Å². The highest BCUT2D eigenvalue weighted by Gasteiger charge is 2.17. The summed E-state index contributed by atoms with van der Waals surface area (Å²) in [6.45, 7) is 5.75. The summed E-state index contributed by atoms with van der Waals surface area (Å²) in [4.78, 5) is 0. The molecule has 0 aliphatic heterocycles. The number of unbranched alkanes of at least 4 members (excludes halogenated alkanes) is 7. The van der Waals surface area contributed by atoms with Gasteiger partial charge in [-0.2, -0.15) is 0 Å². The molecular formula is C15H32O2. The average Bonchev–Trinajstić information content (AvgIpc) is 2.19. The summed E-state index contributed by atoms with van der Waals surface area (Å²) in [5.41, 5.74) is -0.737. The number of aliphatic hydroxyl groups is 2. The zero-order valence-corrected chi connectivity index (χ0v) is 12.0. The lowest BCUT2D eigenvalue weighted by molar-refractivity contribution is 0.0150. The van der Waals surface area contributed by atoms with E-state index in [1.54, 1.807) is 13.8 Å². The highest BCUT2D eigenvalue weighted by molar-refractivity contribution is 4.70. The van der Waals surface area contributed by atoms with E-state index in [2.05, 4.69) is 6.92 Å². The van der Waals surface area contributed by atoms with Gasteiger partial charge >= 0.3 is 0 Å². The highest BCUT2D eigenvalue weighted by atomic mass is 16.3. The predicted molar refractivity (Wildman–Crippen MR) is 74.1 cm³/mol. The van der Waals surface area contributed by atoms with Crippen molar-refractivity contribution in [3.63, 3.8) is 0 Å². The zero-order chi connectivity index (χ0) is 13.1. The van der Waals surface area contributed by atoms with Crippen LogP contribution < -0.4 is 0 Å². The molecular weight excluding hydrogens is 212 g/mol. The van der Waals surface area contributed by atoms with Crippen molar-refractivity contribution in [3.05, 3.63) is 0 Å². The van der Waals surface area contributed by atoms with Crippen LogP contribution in [0.3, 0.4) is 0 Å². The second-order valence-electron chi connectivity index (χ2n) is 5.93. The Hall–Kier alpha value is -0.0800. The van der Waals surface area contributed by atoms with Crippen molar-refractivity contribution >= 4 is 0 Å². The summed E-state index contributed by atoms with van der Waals surface area (Å²) < 4.78 is 0. The summed E-state index contributed by atoms with van der Waals surface area (Å²) in [5, 5.41) is 19.2. The molecule has 0 bridgehead atoms. The Morgan fingerprint density at radius 2 is 1.35 bits per heavy atom. The van der Waals surface area contributed by atoms with Crippen LogP contribution in [0.1, 0.15) is 85.0 Å². The molecule has 0 spiro atoms. The molecule has 0 rings (SSSR count). The standard InChI is InChI=1S/C15H32O2/c1-4-5-6-7-8-9-10-11-12-14(16)13-15(2,3)17/h14,16-17H,4-13H2,1-3H3. The van der Waals surface area contributed by atoms with Gasteiger partial charge in [-0.05, 0) is 20.3 Å². The summed E-state index contributed by atoms with van der Waals surface area (Å²) in [6, 6.07) is 0. The van der Waals surface area contributed by atoms with Crippen molar-refractivity contribution in [2.24, 2.45) is 0 Å². The molecule has 0 radical (unpaired) electrons. The summed E-state index contributed by atoms with van der Waals surface area (Å²) in [6.07, 6.45) is 11.3. The molecule has 2 heteroatoms. The summed E-state index contributed by atoms with van der Waals surface area (Å²) in [7, 11) is 0. The van der Waals surface area contributed by atoms with Gasteiger partial charge in [0, 0.05) is 6.42 Å². The van der Waals surface area contributed by atoms with Gasteiger partial charge in [-0.25, -0.2) is 0 Å². The van der Waals surface area contributed by atoms with Crippen LogP contribution in [0.2, 0.25) is 0 Å². The van der Waals surface area contributed by atoms with Gasteiger partial charge < -0.3 is 10.2 Å². The van der Waals surface area contributed by atoms with E-state index in [1.165, 1.54) is 44.9 Å². The van der Waals surface area contributed by atoms with E-state index >= 15 is 0 Å². The van der Waals surface area contributed by atoms with E-state index < -0.39 is 5.60 Å². The molecule has 0 saturated carbocycles. The fourth-order valence-corrected chi connectivity index (χ4v) is 2.19. The highest BCUT2D eigenvalue weighted by Crippen LogP contribution is 2.16. The van der Waals surface area contributed by atoms with Gasteiger partial charge in [0.05, 0.1) is 11.7 Å². The Balaban J connectivity index is 3.22. The van der Waals surface area contributed by atoms with Crippen LogP contribution in [-0.4, -0.2) is 21.9 Å².